The van der Waals surface area contributed by atoms with E-state index in [0.717, 1.165) is 31.6 Å². The van der Waals surface area contributed by atoms with E-state index in [9.17, 15) is 4.79 Å². The minimum absolute atomic E-state index is 0.136. The van der Waals surface area contributed by atoms with Crippen molar-refractivity contribution in [2.45, 2.75) is 71.4 Å². The summed E-state index contributed by atoms with van der Waals surface area (Å²) in [4.78, 5) is 12.5. The van der Waals surface area contributed by atoms with Crippen molar-refractivity contribution in [1.82, 2.24) is 5.32 Å². The number of rotatable bonds is 3. The SMILES string of the molecule is CCC1CCC(NC(=O)C2CCCC(N)C2C)C1C. The first-order chi connectivity index (χ1) is 9.04. The van der Waals surface area contributed by atoms with Crippen LogP contribution in [0.3, 0.4) is 0 Å². The third kappa shape index (κ3) is 3.13. The molecular weight excluding hydrogens is 236 g/mol. The van der Waals surface area contributed by atoms with Gasteiger partial charge in [0.25, 0.3) is 0 Å². The van der Waals surface area contributed by atoms with E-state index in [4.69, 9.17) is 5.73 Å². The molecule has 110 valence electrons. The van der Waals surface area contributed by atoms with Crippen LogP contribution in [0.15, 0.2) is 0 Å². The van der Waals surface area contributed by atoms with Gasteiger partial charge in [-0.05, 0) is 43.4 Å². The Balaban J connectivity index is 1.90. The topological polar surface area (TPSA) is 55.1 Å². The Morgan fingerprint density at radius 2 is 1.89 bits per heavy atom. The van der Waals surface area contributed by atoms with Crippen molar-refractivity contribution in [3.8, 4) is 0 Å². The molecule has 0 aromatic heterocycles. The maximum absolute atomic E-state index is 12.5. The maximum Gasteiger partial charge on any atom is 0.223 e. The highest BCUT2D eigenvalue weighted by atomic mass is 16.2. The standard InChI is InChI=1S/C16H30N2O/c1-4-12-8-9-15(10(12)2)18-16(19)13-6-5-7-14(17)11(13)3/h10-15H,4-9,17H2,1-3H3,(H,18,19). The van der Waals surface area contributed by atoms with Crippen molar-refractivity contribution in [2.75, 3.05) is 0 Å². The Morgan fingerprint density at radius 1 is 1.16 bits per heavy atom. The molecule has 0 aliphatic heterocycles. The molecule has 2 fully saturated rings. The average Bonchev–Trinajstić information content (AvgIpc) is 2.73. The molecule has 6 atom stereocenters. The molecule has 0 saturated heterocycles. The second-order valence-corrected chi connectivity index (χ2v) is 6.78. The second-order valence-electron chi connectivity index (χ2n) is 6.78. The Morgan fingerprint density at radius 3 is 2.53 bits per heavy atom. The fourth-order valence-corrected chi connectivity index (χ4v) is 4.08. The fourth-order valence-electron chi connectivity index (χ4n) is 4.08. The van der Waals surface area contributed by atoms with Crippen molar-refractivity contribution in [3.63, 3.8) is 0 Å². The van der Waals surface area contributed by atoms with Gasteiger partial charge in [0.1, 0.15) is 0 Å². The fraction of sp³-hybridized carbons (Fsp3) is 0.938. The number of amides is 1. The van der Waals surface area contributed by atoms with Gasteiger partial charge in [-0.25, -0.2) is 0 Å². The van der Waals surface area contributed by atoms with Crippen LogP contribution in [0.25, 0.3) is 0 Å². The summed E-state index contributed by atoms with van der Waals surface area (Å²) in [7, 11) is 0. The highest BCUT2D eigenvalue weighted by molar-refractivity contribution is 5.79. The van der Waals surface area contributed by atoms with Crippen LogP contribution in [0.4, 0.5) is 0 Å². The van der Waals surface area contributed by atoms with Gasteiger partial charge in [0, 0.05) is 18.0 Å². The Kier molecular flexibility index (Phi) is 4.88. The third-order valence-electron chi connectivity index (χ3n) is 5.78. The van der Waals surface area contributed by atoms with Crippen LogP contribution in [0.1, 0.15) is 59.3 Å². The third-order valence-corrected chi connectivity index (χ3v) is 5.78. The highest BCUT2D eigenvalue weighted by Gasteiger charge is 2.37. The summed E-state index contributed by atoms with van der Waals surface area (Å²) in [5.41, 5.74) is 6.11. The maximum atomic E-state index is 12.5. The van der Waals surface area contributed by atoms with Crippen LogP contribution in [-0.2, 0) is 4.79 Å². The first-order valence-corrected chi connectivity index (χ1v) is 8.10. The normalized spacial score (nSPS) is 43.2. The number of hydrogen-bond acceptors (Lipinski definition) is 2. The van der Waals surface area contributed by atoms with Gasteiger partial charge in [0.05, 0.1) is 0 Å². The molecule has 0 spiro atoms. The van der Waals surface area contributed by atoms with Gasteiger partial charge in [-0.15, -0.1) is 0 Å². The molecule has 0 radical (unpaired) electrons. The molecule has 1 amide bonds. The lowest BCUT2D eigenvalue weighted by molar-refractivity contribution is -0.128. The molecule has 0 aromatic rings. The van der Waals surface area contributed by atoms with Crippen molar-refractivity contribution >= 4 is 5.91 Å². The minimum Gasteiger partial charge on any atom is -0.353 e. The Bertz CT molecular complexity index is 318. The predicted molar refractivity (Wildman–Crippen MR) is 78.6 cm³/mol. The van der Waals surface area contributed by atoms with Crippen LogP contribution in [-0.4, -0.2) is 18.0 Å². The number of hydrogen-bond donors (Lipinski definition) is 2. The summed E-state index contributed by atoms with van der Waals surface area (Å²) in [6, 6.07) is 0.594. The molecule has 2 aliphatic rings. The minimum atomic E-state index is 0.136. The van der Waals surface area contributed by atoms with Crippen LogP contribution < -0.4 is 11.1 Å². The van der Waals surface area contributed by atoms with Gasteiger partial charge >= 0.3 is 0 Å². The van der Waals surface area contributed by atoms with E-state index in [0.29, 0.717) is 17.9 Å². The lowest BCUT2D eigenvalue weighted by Crippen LogP contribution is -2.47. The van der Waals surface area contributed by atoms with Crippen molar-refractivity contribution in [1.29, 1.82) is 0 Å². The van der Waals surface area contributed by atoms with Gasteiger partial charge in [-0.1, -0.05) is 33.6 Å². The van der Waals surface area contributed by atoms with E-state index < -0.39 is 0 Å². The summed E-state index contributed by atoms with van der Waals surface area (Å²) >= 11 is 0. The van der Waals surface area contributed by atoms with Gasteiger partial charge < -0.3 is 11.1 Å². The number of nitrogens with two attached hydrogens (primary N) is 1. The second kappa shape index (κ2) is 6.25. The smallest absolute Gasteiger partial charge is 0.223 e. The Hall–Kier alpha value is -0.570. The van der Waals surface area contributed by atoms with Crippen molar-refractivity contribution < 1.29 is 4.79 Å². The summed E-state index contributed by atoms with van der Waals surface area (Å²) < 4.78 is 0. The molecule has 3 N–H and O–H groups in total. The van der Waals surface area contributed by atoms with E-state index in [-0.39, 0.29) is 17.9 Å². The molecular formula is C16H30N2O. The summed E-state index contributed by atoms with van der Waals surface area (Å²) in [5.74, 6) is 2.14. The van der Waals surface area contributed by atoms with Crippen molar-refractivity contribution in [3.05, 3.63) is 0 Å². The first-order valence-electron chi connectivity index (χ1n) is 8.10. The Labute approximate surface area is 117 Å². The van der Waals surface area contributed by atoms with Crippen LogP contribution >= 0.6 is 0 Å². The molecule has 2 aliphatic carbocycles. The quantitative estimate of drug-likeness (QED) is 0.825. The molecule has 3 nitrogen and oxygen atoms in total. The molecule has 3 heteroatoms. The van der Waals surface area contributed by atoms with Crippen LogP contribution in [0, 0.1) is 23.7 Å². The summed E-state index contributed by atoms with van der Waals surface area (Å²) in [6.45, 7) is 6.69. The van der Waals surface area contributed by atoms with Gasteiger partial charge in [0.15, 0.2) is 0 Å². The summed E-state index contributed by atoms with van der Waals surface area (Å²) in [5, 5.41) is 3.32. The van der Waals surface area contributed by atoms with E-state index in [1.165, 1.54) is 12.8 Å². The van der Waals surface area contributed by atoms with Crippen LogP contribution in [0.2, 0.25) is 0 Å². The average molecular weight is 266 g/mol. The molecule has 0 bridgehead atoms. The van der Waals surface area contributed by atoms with Gasteiger partial charge in [-0.3, -0.25) is 4.79 Å². The van der Waals surface area contributed by atoms with Crippen LogP contribution in [0.5, 0.6) is 0 Å². The molecule has 6 unspecified atom stereocenters. The monoisotopic (exact) mass is 266 g/mol. The number of carbonyl (C=O) groups is 1. The lowest BCUT2D eigenvalue weighted by Gasteiger charge is -2.34. The lowest BCUT2D eigenvalue weighted by atomic mass is 9.76. The van der Waals surface area contributed by atoms with Gasteiger partial charge in [-0.2, -0.15) is 0 Å². The zero-order valence-electron chi connectivity index (χ0n) is 12.7. The molecule has 19 heavy (non-hydrogen) atoms. The molecule has 2 rings (SSSR count). The van der Waals surface area contributed by atoms with Gasteiger partial charge in [0.2, 0.25) is 5.91 Å². The summed E-state index contributed by atoms with van der Waals surface area (Å²) in [6.07, 6.45) is 6.84. The molecule has 0 aromatic carbocycles. The van der Waals surface area contributed by atoms with Crippen molar-refractivity contribution in [2.24, 2.45) is 29.4 Å². The number of carbonyl (C=O) groups excluding carboxylic acids is 1. The zero-order valence-corrected chi connectivity index (χ0v) is 12.7. The highest BCUT2D eigenvalue weighted by Crippen LogP contribution is 2.35. The van der Waals surface area contributed by atoms with E-state index >= 15 is 0 Å². The first kappa shape index (κ1) is 14.8. The predicted octanol–water partition coefficient (Wildman–Crippen LogP) is 2.69. The zero-order chi connectivity index (χ0) is 14.0. The van der Waals surface area contributed by atoms with E-state index in [1.807, 2.05) is 0 Å². The molecule has 2 saturated carbocycles. The molecule has 0 heterocycles. The largest absolute Gasteiger partial charge is 0.353 e. The van der Waals surface area contributed by atoms with E-state index in [2.05, 4.69) is 26.1 Å². The van der Waals surface area contributed by atoms with E-state index in [1.54, 1.807) is 0 Å². The number of nitrogens with one attached hydrogen (secondary N) is 1.